The fraction of sp³-hybridized carbons (Fsp3) is 0.500. The highest BCUT2D eigenvalue weighted by molar-refractivity contribution is 5.86. The molecular formula is C14H21N3O. The van der Waals surface area contributed by atoms with Crippen LogP contribution in [0.2, 0.25) is 0 Å². The van der Waals surface area contributed by atoms with Gasteiger partial charge in [0.05, 0.1) is 5.69 Å². The van der Waals surface area contributed by atoms with E-state index in [0.29, 0.717) is 17.6 Å². The third kappa shape index (κ3) is 2.42. The van der Waals surface area contributed by atoms with Crippen LogP contribution in [0, 0.1) is 11.3 Å². The Morgan fingerprint density at radius 3 is 2.72 bits per heavy atom. The summed E-state index contributed by atoms with van der Waals surface area (Å²) in [5.41, 5.74) is 8.13. The SMILES string of the molecule is CC(C)C(C)(C)CNc1nc2c(N)cccc2o1. The molecule has 0 amide bonds. The van der Waals surface area contributed by atoms with Gasteiger partial charge in [0.15, 0.2) is 5.58 Å². The topological polar surface area (TPSA) is 64.1 Å². The number of oxazole rings is 1. The van der Waals surface area contributed by atoms with E-state index in [1.165, 1.54) is 0 Å². The van der Waals surface area contributed by atoms with Gasteiger partial charge in [-0.25, -0.2) is 0 Å². The van der Waals surface area contributed by atoms with Crippen molar-refractivity contribution in [2.45, 2.75) is 27.7 Å². The lowest BCUT2D eigenvalue weighted by Crippen LogP contribution is -2.28. The van der Waals surface area contributed by atoms with Crippen LogP contribution < -0.4 is 11.1 Å². The average molecular weight is 247 g/mol. The Hall–Kier alpha value is -1.71. The lowest BCUT2D eigenvalue weighted by Gasteiger charge is -2.28. The largest absolute Gasteiger partial charge is 0.423 e. The third-order valence-electron chi connectivity index (χ3n) is 3.71. The van der Waals surface area contributed by atoms with Crippen LogP contribution in [0.4, 0.5) is 11.7 Å². The van der Waals surface area contributed by atoms with Gasteiger partial charge in [0.25, 0.3) is 6.01 Å². The minimum Gasteiger partial charge on any atom is -0.423 e. The van der Waals surface area contributed by atoms with Crippen LogP contribution in [0.3, 0.4) is 0 Å². The number of nitrogens with one attached hydrogen (secondary N) is 1. The first kappa shape index (κ1) is 12.7. The van der Waals surface area contributed by atoms with Crippen molar-refractivity contribution in [3.05, 3.63) is 18.2 Å². The van der Waals surface area contributed by atoms with Crippen molar-refractivity contribution in [1.29, 1.82) is 0 Å². The van der Waals surface area contributed by atoms with Crippen LogP contribution in [0.1, 0.15) is 27.7 Å². The number of para-hydroxylation sites is 1. The molecule has 0 aliphatic heterocycles. The minimum atomic E-state index is 0.187. The van der Waals surface area contributed by atoms with Crippen molar-refractivity contribution in [2.75, 3.05) is 17.6 Å². The Labute approximate surface area is 108 Å². The molecule has 0 radical (unpaired) electrons. The molecule has 0 aliphatic carbocycles. The fourth-order valence-corrected chi connectivity index (χ4v) is 1.55. The molecule has 0 bridgehead atoms. The van der Waals surface area contributed by atoms with Crippen molar-refractivity contribution in [1.82, 2.24) is 4.98 Å². The van der Waals surface area contributed by atoms with Crippen LogP contribution in [-0.2, 0) is 0 Å². The normalized spacial score (nSPS) is 12.3. The van der Waals surface area contributed by atoms with Gasteiger partial charge >= 0.3 is 0 Å². The van der Waals surface area contributed by atoms with Gasteiger partial charge < -0.3 is 15.5 Å². The highest BCUT2D eigenvalue weighted by Gasteiger charge is 2.22. The average Bonchev–Trinajstić information content (AvgIpc) is 2.71. The Bertz CT molecular complexity index is 543. The second-order valence-electron chi connectivity index (χ2n) is 5.71. The van der Waals surface area contributed by atoms with Gasteiger partial charge in [-0.2, -0.15) is 4.98 Å². The molecule has 0 atom stereocenters. The molecule has 0 saturated carbocycles. The summed E-state index contributed by atoms with van der Waals surface area (Å²) in [7, 11) is 0. The quantitative estimate of drug-likeness (QED) is 0.811. The van der Waals surface area contributed by atoms with Crippen molar-refractivity contribution < 1.29 is 4.42 Å². The number of nitrogens with zero attached hydrogens (tertiary/aromatic N) is 1. The Balaban J connectivity index is 2.16. The molecule has 98 valence electrons. The number of benzene rings is 1. The maximum absolute atomic E-state index is 5.85. The molecule has 0 aliphatic rings. The molecule has 1 aromatic carbocycles. The van der Waals surface area contributed by atoms with Gasteiger partial charge in [-0.1, -0.05) is 33.8 Å². The zero-order valence-electron chi connectivity index (χ0n) is 11.4. The highest BCUT2D eigenvalue weighted by Crippen LogP contribution is 2.28. The number of fused-ring (bicyclic) bond motifs is 1. The van der Waals surface area contributed by atoms with Crippen molar-refractivity contribution >= 4 is 22.8 Å². The fourth-order valence-electron chi connectivity index (χ4n) is 1.55. The monoisotopic (exact) mass is 247 g/mol. The molecule has 0 unspecified atom stereocenters. The van der Waals surface area contributed by atoms with E-state index in [2.05, 4.69) is 38.0 Å². The van der Waals surface area contributed by atoms with Crippen molar-refractivity contribution in [2.24, 2.45) is 11.3 Å². The van der Waals surface area contributed by atoms with E-state index >= 15 is 0 Å². The maximum Gasteiger partial charge on any atom is 0.295 e. The number of rotatable bonds is 4. The van der Waals surface area contributed by atoms with Gasteiger partial charge in [0.2, 0.25) is 0 Å². The summed E-state index contributed by atoms with van der Waals surface area (Å²) < 4.78 is 5.62. The molecule has 0 spiro atoms. The number of nitrogen functional groups attached to an aromatic ring is 1. The molecule has 1 heterocycles. The van der Waals surface area contributed by atoms with Crippen LogP contribution in [0.25, 0.3) is 11.1 Å². The van der Waals surface area contributed by atoms with Gasteiger partial charge in [0, 0.05) is 6.54 Å². The van der Waals surface area contributed by atoms with Gasteiger partial charge in [-0.05, 0) is 23.5 Å². The van der Waals surface area contributed by atoms with Crippen LogP contribution in [-0.4, -0.2) is 11.5 Å². The van der Waals surface area contributed by atoms with E-state index in [1.54, 1.807) is 0 Å². The lowest BCUT2D eigenvalue weighted by molar-refractivity contribution is 0.268. The van der Waals surface area contributed by atoms with E-state index in [9.17, 15) is 0 Å². The second-order valence-corrected chi connectivity index (χ2v) is 5.71. The Kier molecular flexibility index (Phi) is 3.20. The van der Waals surface area contributed by atoms with E-state index in [4.69, 9.17) is 10.2 Å². The van der Waals surface area contributed by atoms with Gasteiger partial charge in [0.1, 0.15) is 5.52 Å². The second kappa shape index (κ2) is 4.52. The third-order valence-corrected chi connectivity index (χ3v) is 3.71. The molecule has 2 rings (SSSR count). The molecule has 4 heteroatoms. The van der Waals surface area contributed by atoms with Crippen LogP contribution in [0.15, 0.2) is 22.6 Å². The number of aromatic nitrogens is 1. The van der Waals surface area contributed by atoms with E-state index in [0.717, 1.165) is 17.6 Å². The van der Waals surface area contributed by atoms with Crippen LogP contribution >= 0.6 is 0 Å². The number of anilines is 2. The van der Waals surface area contributed by atoms with Crippen LogP contribution in [0.5, 0.6) is 0 Å². The summed E-state index contributed by atoms with van der Waals surface area (Å²) in [5.74, 6) is 0.583. The summed E-state index contributed by atoms with van der Waals surface area (Å²) in [6.45, 7) is 9.69. The molecule has 2 aromatic rings. The zero-order chi connectivity index (χ0) is 13.3. The molecule has 3 N–H and O–H groups in total. The molecule has 1 aromatic heterocycles. The summed E-state index contributed by atoms with van der Waals surface area (Å²) >= 11 is 0. The molecular weight excluding hydrogens is 226 g/mol. The summed E-state index contributed by atoms with van der Waals surface area (Å²) in [4.78, 5) is 4.37. The van der Waals surface area contributed by atoms with E-state index in [1.807, 2.05) is 18.2 Å². The summed E-state index contributed by atoms with van der Waals surface area (Å²) in [5, 5.41) is 3.25. The first-order chi connectivity index (χ1) is 8.40. The molecule has 18 heavy (non-hydrogen) atoms. The Morgan fingerprint density at radius 2 is 2.11 bits per heavy atom. The first-order valence-corrected chi connectivity index (χ1v) is 6.29. The smallest absolute Gasteiger partial charge is 0.295 e. The van der Waals surface area contributed by atoms with Crippen molar-refractivity contribution in [3.8, 4) is 0 Å². The standard InChI is InChI=1S/C14H21N3O/c1-9(2)14(3,4)8-16-13-17-12-10(15)6-5-7-11(12)18-13/h5-7,9H,8,15H2,1-4H3,(H,16,17). The molecule has 0 fully saturated rings. The maximum atomic E-state index is 5.85. The number of hydrogen-bond donors (Lipinski definition) is 2. The molecule has 4 nitrogen and oxygen atoms in total. The number of nitrogens with two attached hydrogens (primary N) is 1. The van der Waals surface area contributed by atoms with Gasteiger partial charge in [-0.3, -0.25) is 0 Å². The lowest BCUT2D eigenvalue weighted by atomic mass is 9.81. The van der Waals surface area contributed by atoms with Gasteiger partial charge in [-0.15, -0.1) is 0 Å². The summed E-state index contributed by atoms with van der Waals surface area (Å²) in [6, 6.07) is 6.10. The highest BCUT2D eigenvalue weighted by atomic mass is 16.4. The predicted octanol–water partition coefficient (Wildman–Crippen LogP) is 3.50. The minimum absolute atomic E-state index is 0.187. The Morgan fingerprint density at radius 1 is 1.39 bits per heavy atom. The summed E-state index contributed by atoms with van der Waals surface area (Å²) in [6.07, 6.45) is 0. The zero-order valence-corrected chi connectivity index (χ0v) is 11.4. The molecule has 0 saturated heterocycles. The van der Waals surface area contributed by atoms with E-state index < -0.39 is 0 Å². The van der Waals surface area contributed by atoms with E-state index in [-0.39, 0.29) is 5.41 Å². The van der Waals surface area contributed by atoms with Crippen molar-refractivity contribution in [3.63, 3.8) is 0 Å². The number of hydrogen-bond acceptors (Lipinski definition) is 4. The predicted molar refractivity (Wildman–Crippen MR) is 75.5 cm³/mol. The first-order valence-electron chi connectivity index (χ1n) is 6.29.